The molecular weight excluding hydrogens is 480 g/mol. The Morgan fingerprint density at radius 3 is 1.47 bits per heavy atom. The maximum atomic E-state index is 12.9. The lowest BCUT2D eigenvalue weighted by Gasteiger charge is -2.33. The summed E-state index contributed by atoms with van der Waals surface area (Å²) < 4.78 is 0. The summed E-state index contributed by atoms with van der Waals surface area (Å²) in [7, 11) is 0. The summed E-state index contributed by atoms with van der Waals surface area (Å²) in [5, 5.41) is 88.8. The molecule has 12 nitrogen and oxygen atoms in total. The topological polar surface area (TPSA) is 233 Å². The van der Waals surface area contributed by atoms with Crippen molar-refractivity contribution >= 4 is 30.0 Å². The highest BCUT2D eigenvalue weighted by atomic mass is 16.4. The van der Waals surface area contributed by atoms with Crippen LogP contribution < -0.4 is 0 Å². The Morgan fingerprint density at radius 1 is 0.694 bits per heavy atom. The van der Waals surface area contributed by atoms with Crippen LogP contribution in [0.15, 0.2) is 48.6 Å². The Kier molecular flexibility index (Phi) is 9.06. The second kappa shape index (κ2) is 11.6. The molecule has 12 heteroatoms. The van der Waals surface area contributed by atoms with Crippen molar-refractivity contribution in [3.05, 3.63) is 59.7 Å². The van der Waals surface area contributed by atoms with E-state index in [0.29, 0.717) is 12.2 Å². The smallest absolute Gasteiger partial charge is 0.218 e. The van der Waals surface area contributed by atoms with E-state index in [1.165, 1.54) is 12.1 Å². The third-order valence-corrected chi connectivity index (χ3v) is 5.20. The van der Waals surface area contributed by atoms with Crippen molar-refractivity contribution in [3.8, 4) is 23.0 Å². The van der Waals surface area contributed by atoms with Crippen molar-refractivity contribution in [2.75, 3.05) is 0 Å². The number of phenolic OH excluding ortho intramolecular Hbond substituents is 4. The van der Waals surface area contributed by atoms with Crippen molar-refractivity contribution < 1.29 is 60.3 Å². The van der Waals surface area contributed by atoms with Gasteiger partial charge in [-0.25, -0.2) is 0 Å². The van der Waals surface area contributed by atoms with Gasteiger partial charge in [-0.15, -0.1) is 0 Å². The molecule has 0 saturated heterocycles. The summed E-state index contributed by atoms with van der Waals surface area (Å²) >= 11 is 0. The number of carbonyl (C=O) groups is 3. The Hall–Kier alpha value is -4.07. The highest BCUT2D eigenvalue weighted by Gasteiger charge is 2.52. The van der Waals surface area contributed by atoms with E-state index in [9.17, 15) is 60.3 Å². The lowest BCUT2D eigenvalue weighted by Crippen LogP contribution is -2.62. The van der Waals surface area contributed by atoms with E-state index in [1.54, 1.807) is 0 Å². The van der Waals surface area contributed by atoms with Gasteiger partial charge in [0.1, 0.15) is 24.4 Å². The number of hydrogen-bond acceptors (Lipinski definition) is 12. The molecule has 0 unspecified atom stereocenters. The molecule has 2 aromatic rings. The monoisotopic (exact) mass is 504 g/mol. The van der Waals surface area contributed by atoms with Crippen molar-refractivity contribution in [3.63, 3.8) is 0 Å². The minimum absolute atomic E-state index is 0.120. The normalized spacial score (nSPS) is 15.5. The molecule has 0 amide bonds. The van der Waals surface area contributed by atoms with E-state index < -0.39 is 64.6 Å². The number of aldehydes is 1. The zero-order valence-corrected chi connectivity index (χ0v) is 18.4. The number of hydrogen-bond donors (Lipinski definition) is 9. The van der Waals surface area contributed by atoms with Gasteiger partial charge in [-0.1, -0.05) is 24.3 Å². The summed E-state index contributed by atoms with van der Waals surface area (Å²) in [6.45, 7) is 0. The summed E-state index contributed by atoms with van der Waals surface area (Å²) in [6, 6.07) is 6.75. The molecule has 2 aromatic carbocycles. The SMILES string of the molecule is O=C[C@H](O)[C@@H](O)[C@H](O)[C@H](O)C(O)(C(=O)/C=C/c1ccc(O)c(O)c1)C(=O)/C=C/c1ccc(O)c(O)c1. The van der Waals surface area contributed by atoms with Gasteiger partial charge < -0.3 is 50.8 Å². The molecule has 0 aliphatic carbocycles. The molecule has 9 N–H and O–H groups in total. The molecule has 0 heterocycles. The molecular formula is C24H24O12. The van der Waals surface area contributed by atoms with E-state index in [2.05, 4.69) is 0 Å². The molecule has 0 fully saturated rings. The Morgan fingerprint density at radius 2 is 1.11 bits per heavy atom. The summed E-state index contributed by atoms with van der Waals surface area (Å²) in [4.78, 5) is 36.5. The minimum atomic E-state index is -3.45. The van der Waals surface area contributed by atoms with Crippen molar-refractivity contribution in [2.45, 2.75) is 30.0 Å². The summed E-state index contributed by atoms with van der Waals surface area (Å²) in [5.41, 5.74) is -3.21. The molecule has 0 aromatic heterocycles. The first-order valence-electron chi connectivity index (χ1n) is 10.2. The Labute approximate surface area is 203 Å². The number of aromatic hydroxyl groups is 4. The van der Waals surface area contributed by atoms with Crippen LogP contribution in [0.3, 0.4) is 0 Å². The number of carbonyl (C=O) groups excluding carboxylic acids is 3. The van der Waals surface area contributed by atoms with Gasteiger partial charge in [0.25, 0.3) is 0 Å². The lowest BCUT2D eigenvalue weighted by molar-refractivity contribution is -0.179. The Balaban J connectivity index is 2.46. The maximum absolute atomic E-state index is 12.9. The van der Waals surface area contributed by atoms with Crippen LogP contribution in [0.25, 0.3) is 12.2 Å². The predicted molar refractivity (Wildman–Crippen MR) is 123 cm³/mol. The molecule has 36 heavy (non-hydrogen) atoms. The van der Waals surface area contributed by atoms with Gasteiger partial charge in [-0.05, 0) is 47.5 Å². The number of phenols is 4. The van der Waals surface area contributed by atoms with Crippen LogP contribution in [0.4, 0.5) is 0 Å². The highest BCUT2D eigenvalue weighted by molar-refractivity contribution is 6.20. The quantitative estimate of drug-likeness (QED) is 0.0755. The third-order valence-electron chi connectivity index (χ3n) is 5.20. The molecule has 2 rings (SSSR count). The van der Waals surface area contributed by atoms with E-state index in [4.69, 9.17) is 0 Å². The third kappa shape index (κ3) is 6.13. The lowest BCUT2D eigenvalue weighted by atomic mass is 9.81. The van der Waals surface area contributed by atoms with Crippen molar-refractivity contribution in [1.82, 2.24) is 0 Å². The first kappa shape index (κ1) is 28.2. The zero-order chi connectivity index (χ0) is 27.2. The first-order valence-corrected chi connectivity index (χ1v) is 10.2. The van der Waals surface area contributed by atoms with Crippen LogP contribution in [-0.4, -0.2) is 93.8 Å². The van der Waals surface area contributed by atoms with Gasteiger partial charge >= 0.3 is 0 Å². The largest absolute Gasteiger partial charge is 0.504 e. The fourth-order valence-electron chi connectivity index (χ4n) is 3.02. The second-order valence-corrected chi connectivity index (χ2v) is 7.71. The first-order chi connectivity index (χ1) is 16.8. The van der Waals surface area contributed by atoms with Gasteiger partial charge in [0, 0.05) is 0 Å². The molecule has 4 atom stereocenters. The fourth-order valence-corrected chi connectivity index (χ4v) is 3.02. The van der Waals surface area contributed by atoms with Gasteiger partial charge in [0.15, 0.2) is 40.9 Å². The Bertz CT molecular complexity index is 1110. The van der Waals surface area contributed by atoms with Crippen LogP contribution >= 0.6 is 0 Å². The maximum Gasteiger partial charge on any atom is 0.218 e. The zero-order valence-electron chi connectivity index (χ0n) is 18.4. The fraction of sp³-hybridized carbons (Fsp3) is 0.208. The number of aliphatic hydroxyl groups is 5. The van der Waals surface area contributed by atoms with Gasteiger partial charge in [0.05, 0.1) is 0 Å². The molecule has 0 saturated carbocycles. The molecule has 0 bridgehead atoms. The molecule has 0 aliphatic heterocycles. The second-order valence-electron chi connectivity index (χ2n) is 7.71. The van der Waals surface area contributed by atoms with Gasteiger partial charge in [0.2, 0.25) is 5.60 Å². The standard InChI is InChI=1S/C24H24O12/c25-11-18(30)21(33)22(34)23(35)24(36,19(31)7-3-12-1-5-14(26)16(28)9-12)20(32)8-4-13-2-6-15(27)17(29)10-13/h1-11,18,21-23,26-30,33-36H/b7-3+,8-4+/t18-,21+,22-,23-/m0/s1. The number of ketones is 2. The van der Waals surface area contributed by atoms with Crippen molar-refractivity contribution in [2.24, 2.45) is 0 Å². The van der Waals surface area contributed by atoms with E-state index >= 15 is 0 Å². The summed E-state index contributed by atoms with van der Waals surface area (Å²) in [5.74, 6) is -5.02. The van der Waals surface area contributed by atoms with Crippen LogP contribution in [0.2, 0.25) is 0 Å². The molecule has 192 valence electrons. The molecule has 0 radical (unpaired) electrons. The van der Waals surface area contributed by atoms with Crippen LogP contribution in [0, 0.1) is 0 Å². The van der Waals surface area contributed by atoms with Crippen LogP contribution in [0.5, 0.6) is 23.0 Å². The van der Waals surface area contributed by atoms with Gasteiger partial charge in [-0.3, -0.25) is 9.59 Å². The van der Waals surface area contributed by atoms with Crippen LogP contribution in [-0.2, 0) is 14.4 Å². The molecule has 0 spiro atoms. The highest BCUT2D eigenvalue weighted by Crippen LogP contribution is 2.28. The van der Waals surface area contributed by atoms with Crippen molar-refractivity contribution in [1.29, 1.82) is 0 Å². The van der Waals surface area contributed by atoms with E-state index in [-0.39, 0.29) is 17.4 Å². The van der Waals surface area contributed by atoms with Crippen LogP contribution in [0.1, 0.15) is 11.1 Å². The van der Waals surface area contributed by atoms with Gasteiger partial charge in [-0.2, -0.15) is 0 Å². The number of benzene rings is 2. The minimum Gasteiger partial charge on any atom is -0.504 e. The number of rotatable bonds is 11. The molecule has 0 aliphatic rings. The van der Waals surface area contributed by atoms with E-state index in [0.717, 1.165) is 36.4 Å². The summed E-state index contributed by atoms with van der Waals surface area (Å²) in [6.07, 6.45) is -6.88. The average Bonchev–Trinajstić information content (AvgIpc) is 2.87. The van der Waals surface area contributed by atoms with E-state index in [1.807, 2.05) is 0 Å². The average molecular weight is 504 g/mol. The predicted octanol–water partition coefficient (Wildman–Crippen LogP) is -1.25. The number of aliphatic hydroxyl groups excluding tert-OH is 4.